The van der Waals surface area contributed by atoms with Crippen LogP contribution in [-0.4, -0.2) is 15.3 Å². The van der Waals surface area contributed by atoms with Crippen molar-refractivity contribution in [3.63, 3.8) is 0 Å². The molecular formula is C8H20ClNSi. The number of halogens is 1. The maximum absolute atomic E-state index is 6.23. The highest BCUT2D eigenvalue weighted by Gasteiger charge is 2.22. The highest BCUT2D eigenvalue weighted by molar-refractivity contribution is 7.06. The Bertz CT molecular complexity index is 90.1. The van der Waals surface area contributed by atoms with Crippen LogP contribution in [0.2, 0.25) is 5.54 Å². The van der Waals surface area contributed by atoms with E-state index < -0.39 is 8.27 Å². The quantitative estimate of drug-likeness (QED) is 0.523. The first-order valence-electron chi connectivity index (χ1n) is 4.48. The fourth-order valence-corrected chi connectivity index (χ4v) is 4.39. The molecule has 0 radical (unpaired) electrons. The van der Waals surface area contributed by atoms with Crippen LogP contribution >= 0.6 is 11.1 Å². The molecule has 68 valence electrons. The molecule has 0 spiro atoms. The molecular weight excluding hydrogens is 174 g/mol. The Hall–Kier alpha value is 0.467. The van der Waals surface area contributed by atoms with E-state index in [4.69, 9.17) is 11.1 Å². The first-order valence-corrected chi connectivity index (χ1v) is 7.47. The smallest absolute Gasteiger partial charge is 0.214 e. The van der Waals surface area contributed by atoms with Crippen molar-refractivity contribution < 1.29 is 0 Å². The van der Waals surface area contributed by atoms with E-state index in [1.54, 1.807) is 0 Å². The SMILES string of the molecule is CCC(C)C(CC)[SiH](Cl)NC. The minimum atomic E-state index is -1.15. The summed E-state index contributed by atoms with van der Waals surface area (Å²) in [5.74, 6) is 0.779. The third-order valence-electron chi connectivity index (χ3n) is 2.50. The van der Waals surface area contributed by atoms with Crippen LogP contribution in [0.15, 0.2) is 0 Å². The van der Waals surface area contributed by atoms with Crippen molar-refractivity contribution in [3.8, 4) is 0 Å². The Balaban J connectivity index is 3.92. The minimum absolute atomic E-state index is 0.742. The molecule has 3 unspecified atom stereocenters. The lowest BCUT2D eigenvalue weighted by molar-refractivity contribution is 0.499. The van der Waals surface area contributed by atoms with Gasteiger partial charge < -0.3 is 4.98 Å². The number of rotatable bonds is 5. The van der Waals surface area contributed by atoms with Gasteiger partial charge in [0.25, 0.3) is 0 Å². The van der Waals surface area contributed by atoms with Gasteiger partial charge in [-0.1, -0.05) is 33.6 Å². The van der Waals surface area contributed by atoms with Crippen molar-refractivity contribution in [2.45, 2.75) is 39.2 Å². The summed E-state index contributed by atoms with van der Waals surface area (Å²) in [5, 5.41) is 0. The van der Waals surface area contributed by atoms with E-state index >= 15 is 0 Å². The summed E-state index contributed by atoms with van der Waals surface area (Å²) in [7, 11) is 0.831. The predicted octanol–water partition coefficient (Wildman–Crippen LogP) is 2.49. The molecule has 1 N–H and O–H groups in total. The molecule has 3 atom stereocenters. The van der Waals surface area contributed by atoms with Gasteiger partial charge >= 0.3 is 0 Å². The Morgan fingerprint density at radius 1 is 1.36 bits per heavy atom. The number of hydrogen-bond donors (Lipinski definition) is 1. The summed E-state index contributed by atoms with van der Waals surface area (Å²) in [6.07, 6.45) is 2.46. The van der Waals surface area contributed by atoms with E-state index in [0.717, 1.165) is 11.5 Å². The van der Waals surface area contributed by atoms with Gasteiger partial charge in [0.1, 0.15) is 0 Å². The summed E-state index contributed by atoms with van der Waals surface area (Å²) >= 11 is 6.23. The lowest BCUT2D eigenvalue weighted by atomic mass is 10.0. The zero-order valence-corrected chi connectivity index (χ0v) is 9.93. The second-order valence-corrected chi connectivity index (χ2v) is 6.80. The van der Waals surface area contributed by atoms with Crippen LogP contribution in [0.5, 0.6) is 0 Å². The summed E-state index contributed by atoms with van der Waals surface area (Å²) in [6.45, 7) is 6.77. The van der Waals surface area contributed by atoms with Crippen LogP contribution in [0, 0.1) is 5.92 Å². The van der Waals surface area contributed by atoms with Gasteiger partial charge in [0, 0.05) is 0 Å². The summed E-state index contributed by atoms with van der Waals surface area (Å²) in [4.78, 5) is 3.24. The van der Waals surface area contributed by atoms with Gasteiger partial charge in [0.2, 0.25) is 8.27 Å². The lowest BCUT2D eigenvalue weighted by Crippen LogP contribution is -2.32. The van der Waals surface area contributed by atoms with Gasteiger partial charge in [-0.05, 0) is 18.5 Å². The minimum Gasteiger partial charge on any atom is -0.330 e. The largest absolute Gasteiger partial charge is 0.330 e. The van der Waals surface area contributed by atoms with Gasteiger partial charge in [0.05, 0.1) is 0 Å². The van der Waals surface area contributed by atoms with E-state index in [-0.39, 0.29) is 0 Å². The summed E-state index contributed by atoms with van der Waals surface area (Å²) in [5.41, 5.74) is 0.742. The Labute approximate surface area is 76.9 Å². The summed E-state index contributed by atoms with van der Waals surface area (Å²) < 4.78 is 0. The van der Waals surface area contributed by atoms with Crippen molar-refractivity contribution in [2.24, 2.45) is 5.92 Å². The van der Waals surface area contributed by atoms with Crippen LogP contribution < -0.4 is 4.98 Å². The molecule has 0 aliphatic rings. The van der Waals surface area contributed by atoms with Crippen LogP contribution in [0.1, 0.15) is 33.6 Å². The molecule has 0 rings (SSSR count). The Morgan fingerprint density at radius 3 is 2.18 bits per heavy atom. The van der Waals surface area contributed by atoms with Crippen molar-refractivity contribution in [1.82, 2.24) is 4.98 Å². The van der Waals surface area contributed by atoms with Gasteiger partial charge in [-0.25, -0.2) is 0 Å². The molecule has 0 aliphatic heterocycles. The molecule has 0 aliphatic carbocycles. The van der Waals surface area contributed by atoms with Crippen molar-refractivity contribution in [2.75, 3.05) is 7.05 Å². The first kappa shape index (κ1) is 11.5. The van der Waals surface area contributed by atoms with Crippen LogP contribution in [0.25, 0.3) is 0 Å². The zero-order chi connectivity index (χ0) is 8.85. The maximum atomic E-state index is 6.23. The normalized spacial score (nSPS) is 19.4. The molecule has 0 saturated heterocycles. The fourth-order valence-electron chi connectivity index (χ4n) is 1.41. The maximum Gasteiger partial charge on any atom is 0.214 e. The lowest BCUT2D eigenvalue weighted by Gasteiger charge is -2.24. The van der Waals surface area contributed by atoms with Gasteiger partial charge in [-0.2, -0.15) is 11.1 Å². The average molecular weight is 194 g/mol. The van der Waals surface area contributed by atoms with Crippen LogP contribution in [0.4, 0.5) is 0 Å². The molecule has 1 nitrogen and oxygen atoms in total. The molecule has 0 aromatic heterocycles. The van der Waals surface area contributed by atoms with Gasteiger partial charge in [0.15, 0.2) is 0 Å². The first-order chi connectivity index (χ1) is 5.17. The van der Waals surface area contributed by atoms with E-state index in [0.29, 0.717) is 0 Å². The van der Waals surface area contributed by atoms with Gasteiger partial charge in [-0.3, -0.25) is 0 Å². The Morgan fingerprint density at radius 2 is 1.91 bits per heavy atom. The second-order valence-electron chi connectivity index (χ2n) is 3.15. The topological polar surface area (TPSA) is 12.0 Å². The molecule has 11 heavy (non-hydrogen) atoms. The average Bonchev–Trinajstić information content (AvgIpc) is 2.05. The molecule has 0 saturated carbocycles. The molecule has 0 fully saturated rings. The van der Waals surface area contributed by atoms with Crippen LogP contribution in [0.3, 0.4) is 0 Å². The third-order valence-corrected chi connectivity index (χ3v) is 6.56. The molecule has 0 aromatic carbocycles. The molecule has 3 heteroatoms. The van der Waals surface area contributed by atoms with E-state index in [1.807, 2.05) is 7.05 Å². The van der Waals surface area contributed by atoms with Crippen molar-refractivity contribution in [1.29, 1.82) is 0 Å². The van der Waals surface area contributed by atoms with E-state index in [1.165, 1.54) is 12.8 Å². The fraction of sp³-hybridized carbons (Fsp3) is 1.00. The zero-order valence-electron chi connectivity index (χ0n) is 8.02. The predicted molar refractivity (Wildman–Crippen MR) is 55.6 cm³/mol. The monoisotopic (exact) mass is 193 g/mol. The highest BCUT2D eigenvalue weighted by Crippen LogP contribution is 2.27. The van der Waals surface area contributed by atoms with Crippen LogP contribution in [-0.2, 0) is 0 Å². The van der Waals surface area contributed by atoms with E-state index in [2.05, 4.69) is 25.8 Å². The second kappa shape index (κ2) is 6.04. The van der Waals surface area contributed by atoms with Crippen molar-refractivity contribution >= 4 is 19.3 Å². The third kappa shape index (κ3) is 3.59. The van der Waals surface area contributed by atoms with E-state index in [9.17, 15) is 0 Å². The molecule has 0 bridgehead atoms. The molecule has 0 aromatic rings. The molecule has 0 heterocycles. The summed E-state index contributed by atoms with van der Waals surface area (Å²) in [6, 6.07) is 0. The Kier molecular flexibility index (Phi) is 6.29. The number of nitrogens with one attached hydrogen (secondary N) is 1. The molecule has 0 amide bonds. The van der Waals surface area contributed by atoms with Crippen molar-refractivity contribution in [3.05, 3.63) is 0 Å². The highest BCUT2D eigenvalue weighted by atomic mass is 35.6. The van der Waals surface area contributed by atoms with Gasteiger partial charge in [-0.15, -0.1) is 0 Å². The number of hydrogen-bond acceptors (Lipinski definition) is 1. The standard InChI is InChI=1S/C8H20ClNSi/c1-5-7(3)8(6-2)11(9)10-4/h7-8,10-11H,5-6H2,1-4H3.